The molecule has 0 saturated carbocycles. The highest BCUT2D eigenvalue weighted by atomic mass is 35.5. The van der Waals surface area contributed by atoms with Crippen LogP contribution in [0.15, 0.2) is 43.0 Å². The molecule has 1 aromatic carbocycles. The van der Waals surface area contributed by atoms with Crippen LogP contribution in [0.25, 0.3) is 0 Å². The van der Waals surface area contributed by atoms with E-state index in [1.165, 1.54) is 0 Å². The molecular weight excluding hydrogens is 286 g/mol. The molecule has 0 bridgehead atoms. The van der Waals surface area contributed by atoms with Gasteiger partial charge in [-0.1, -0.05) is 23.7 Å². The van der Waals surface area contributed by atoms with E-state index in [9.17, 15) is 4.79 Å². The van der Waals surface area contributed by atoms with E-state index in [0.717, 1.165) is 31.5 Å². The van der Waals surface area contributed by atoms with E-state index in [4.69, 9.17) is 11.6 Å². The predicted octanol–water partition coefficient (Wildman–Crippen LogP) is 2.94. The molecule has 0 N–H and O–H groups in total. The van der Waals surface area contributed by atoms with Crippen LogP contribution >= 0.6 is 11.6 Å². The SMILES string of the molecule is O=C(Cc1ccc(Cl)cc1)N1CCC[C@@H](n2ccnc2)C1. The molecule has 0 unspecified atom stereocenters. The van der Waals surface area contributed by atoms with Gasteiger partial charge in [0.1, 0.15) is 0 Å². The van der Waals surface area contributed by atoms with Crippen molar-refractivity contribution in [1.82, 2.24) is 14.5 Å². The number of hydrogen-bond donors (Lipinski definition) is 0. The number of halogens is 1. The lowest BCUT2D eigenvalue weighted by atomic mass is 10.0. The number of carbonyl (C=O) groups is 1. The first-order valence-electron chi connectivity index (χ1n) is 7.22. The number of hydrogen-bond acceptors (Lipinski definition) is 2. The maximum absolute atomic E-state index is 12.4. The Labute approximate surface area is 129 Å². The summed E-state index contributed by atoms with van der Waals surface area (Å²) >= 11 is 5.87. The van der Waals surface area contributed by atoms with Gasteiger partial charge in [0, 0.05) is 30.5 Å². The topological polar surface area (TPSA) is 38.1 Å². The molecular formula is C16H18ClN3O. The van der Waals surface area contributed by atoms with Gasteiger partial charge in [0.05, 0.1) is 18.8 Å². The molecule has 2 aromatic rings. The van der Waals surface area contributed by atoms with Crippen LogP contribution in [0, 0.1) is 0 Å². The minimum Gasteiger partial charge on any atom is -0.340 e. The summed E-state index contributed by atoms with van der Waals surface area (Å²) in [5.74, 6) is 0.183. The van der Waals surface area contributed by atoms with Crippen molar-refractivity contribution < 1.29 is 4.79 Å². The van der Waals surface area contributed by atoms with Crippen molar-refractivity contribution in [3.8, 4) is 0 Å². The van der Waals surface area contributed by atoms with Gasteiger partial charge in [-0.25, -0.2) is 4.98 Å². The fraction of sp³-hybridized carbons (Fsp3) is 0.375. The van der Waals surface area contributed by atoms with Gasteiger partial charge < -0.3 is 9.47 Å². The highest BCUT2D eigenvalue weighted by Gasteiger charge is 2.24. The Morgan fingerprint density at radius 1 is 1.33 bits per heavy atom. The molecule has 1 aliphatic rings. The van der Waals surface area contributed by atoms with Crippen LogP contribution < -0.4 is 0 Å². The van der Waals surface area contributed by atoms with E-state index < -0.39 is 0 Å². The summed E-state index contributed by atoms with van der Waals surface area (Å²) in [6.07, 6.45) is 8.16. The number of rotatable bonds is 3. The van der Waals surface area contributed by atoms with Gasteiger partial charge in [-0.2, -0.15) is 0 Å². The number of nitrogens with zero attached hydrogens (tertiary/aromatic N) is 3. The second-order valence-corrected chi connectivity index (χ2v) is 5.89. The lowest BCUT2D eigenvalue weighted by Gasteiger charge is -2.33. The molecule has 1 fully saturated rings. The monoisotopic (exact) mass is 303 g/mol. The first kappa shape index (κ1) is 14.1. The maximum atomic E-state index is 12.4. The Bertz CT molecular complexity index is 594. The molecule has 3 rings (SSSR count). The molecule has 0 spiro atoms. The molecule has 5 heteroatoms. The zero-order valence-electron chi connectivity index (χ0n) is 11.8. The molecule has 21 heavy (non-hydrogen) atoms. The molecule has 1 aliphatic heterocycles. The number of aromatic nitrogens is 2. The number of piperidine rings is 1. The van der Waals surface area contributed by atoms with Crippen LogP contribution in [0.1, 0.15) is 24.4 Å². The first-order valence-corrected chi connectivity index (χ1v) is 7.60. The van der Waals surface area contributed by atoms with Crippen LogP contribution in [0.2, 0.25) is 5.02 Å². The minimum atomic E-state index is 0.183. The van der Waals surface area contributed by atoms with Crippen molar-refractivity contribution >= 4 is 17.5 Å². The zero-order valence-corrected chi connectivity index (χ0v) is 12.5. The van der Waals surface area contributed by atoms with E-state index >= 15 is 0 Å². The summed E-state index contributed by atoms with van der Waals surface area (Å²) in [7, 11) is 0. The fourth-order valence-electron chi connectivity index (χ4n) is 2.80. The van der Waals surface area contributed by atoms with E-state index in [1.807, 2.05) is 41.7 Å². The zero-order chi connectivity index (χ0) is 14.7. The Balaban J connectivity index is 1.63. The molecule has 4 nitrogen and oxygen atoms in total. The molecule has 110 valence electrons. The largest absolute Gasteiger partial charge is 0.340 e. The molecule has 0 radical (unpaired) electrons. The van der Waals surface area contributed by atoms with Gasteiger partial charge in [-0.15, -0.1) is 0 Å². The third-order valence-electron chi connectivity index (χ3n) is 3.96. The third-order valence-corrected chi connectivity index (χ3v) is 4.22. The maximum Gasteiger partial charge on any atom is 0.227 e. The smallest absolute Gasteiger partial charge is 0.227 e. The Morgan fingerprint density at radius 2 is 2.14 bits per heavy atom. The van der Waals surface area contributed by atoms with Crippen LogP contribution in [-0.2, 0) is 11.2 Å². The van der Waals surface area contributed by atoms with Crippen LogP contribution in [0.5, 0.6) is 0 Å². The summed E-state index contributed by atoms with van der Waals surface area (Å²) in [6.45, 7) is 1.61. The number of benzene rings is 1. The molecule has 0 aliphatic carbocycles. The minimum absolute atomic E-state index is 0.183. The standard InChI is InChI=1S/C16H18ClN3O/c17-14-5-3-13(4-6-14)10-16(21)19-8-1-2-15(11-19)20-9-7-18-12-20/h3-7,9,12,15H,1-2,8,10-11H2/t15-/m1/s1. The lowest BCUT2D eigenvalue weighted by Crippen LogP contribution is -2.41. The molecule has 1 amide bonds. The summed E-state index contributed by atoms with van der Waals surface area (Å²) < 4.78 is 2.10. The highest BCUT2D eigenvalue weighted by molar-refractivity contribution is 6.30. The summed E-state index contributed by atoms with van der Waals surface area (Å²) in [5.41, 5.74) is 1.01. The van der Waals surface area contributed by atoms with Crippen LogP contribution in [0.4, 0.5) is 0 Å². The van der Waals surface area contributed by atoms with Gasteiger partial charge in [-0.3, -0.25) is 4.79 Å². The quantitative estimate of drug-likeness (QED) is 0.874. The van der Waals surface area contributed by atoms with Gasteiger partial charge in [0.15, 0.2) is 0 Å². The van der Waals surface area contributed by atoms with E-state index in [0.29, 0.717) is 17.5 Å². The lowest BCUT2D eigenvalue weighted by molar-refractivity contribution is -0.132. The summed E-state index contributed by atoms with van der Waals surface area (Å²) in [6, 6.07) is 7.83. The van der Waals surface area contributed by atoms with E-state index in [2.05, 4.69) is 9.55 Å². The average Bonchev–Trinajstić information content (AvgIpc) is 3.04. The van der Waals surface area contributed by atoms with Crippen molar-refractivity contribution in [2.75, 3.05) is 13.1 Å². The van der Waals surface area contributed by atoms with Crippen molar-refractivity contribution in [2.45, 2.75) is 25.3 Å². The van der Waals surface area contributed by atoms with Crippen molar-refractivity contribution in [2.24, 2.45) is 0 Å². The number of carbonyl (C=O) groups excluding carboxylic acids is 1. The molecule has 1 atom stereocenters. The number of likely N-dealkylation sites (tertiary alicyclic amines) is 1. The predicted molar refractivity (Wildman–Crippen MR) is 82.2 cm³/mol. The van der Waals surface area contributed by atoms with Crippen molar-refractivity contribution in [3.63, 3.8) is 0 Å². The number of amides is 1. The van der Waals surface area contributed by atoms with Crippen LogP contribution in [-0.4, -0.2) is 33.4 Å². The Hall–Kier alpha value is -1.81. The second kappa shape index (κ2) is 6.31. The highest BCUT2D eigenvalue weighted by Crippen LogP contribution is 2.22. The van der Waals surface area contributed by atoms with E-state index in [-0.39, 0.29) is 5.91 Å². The normalized spacial score (nSPS) is 18.7. The van der Waals surface area contributed by atoms with Gasteiger partial charge >= 0.3 is 0 Å². The molecule has 2 heterocycles. The van der Waals surface area contributed by atoms with Crippen LogP contribution in [0.3, 0.4) is 0 Å². The van der Waals surface area contributed by atoms with Crippen molar-refractivity contribution in [3.05, 3.63) is 53.6 Å². The summed E-state index contributed by atoms with van der Waals surface area (Å²) in [5, 5.41) is 0.698. The first-order chi connectivity index (χ1) is 10.2. The molecule has 1 aromatic heterocycles. The van der Waals surface area contributed by atoms with E-state index in [1.54, 1.807) is 6.20 Å². The Kier molecular flexibility index (Phi) is 4.25. The summed E-state index contributed by atoms with van der Waals surface area (Å²) in [4.78, 5) is 18.5. The van der Waals surface area contributed by atoms with Crippen molar-refractivity contribution in [1.29, 1.82) is 0 Å². The molecule has 1 saturated heterocycles. The average molecular weight is 304 g/mol. The van der Waals surface area contributed by atoms with Gasteiger partial charge in [0.2, 0.25) is 5.91 Å². The third kappa shape index (κ3) is 3.45. The Morgan fingerprint density at radius 3 is 2.86 bits per heavy atom. The van der Waals surface area contributed by atoms with Gasteiger partial charge in [-0.05, 0) is 30.5 Å². The fourth-order valence-corrected chi connectivity index (χ4v) is 2.92. The number of imidazole rings is 1. The second-order valence-electron chi connectivity index (χ2n) is 5.45. The van der Waals surface area contributed by atoms with Gasteiger partial charge in [0.25, 0.3) is 0 Å².